The maximum atomic E-state index is 14.7. The number of benzene rings is 3. The normalized spacial score (nSPS) is 13.1. The lowest BCUT2D eigenvalue weighted by molar-refractivity contribution is 0.0880. The number of ether oxygens (including phenoxy) is 1. The monoisotopic (exact) mass is 584 g/mol. The first-order chi connectivity index (χ1) is 19.4. The van der Waals surface area contributed by atoms with E-state index in [1.807, 2.05) is 55.8 Å². The Balaban J connectivity index is 1.79. The van der Waals surface area contributed by atoms with Gasteiger partial charge in [-0.05, 0) is 79.9 Å². The number of fused-ring (bicyclic) bond motifs is 2. The van der Waals surface area contributed by atoms with Crippen LogP contribution in [-0.2, 0) is 21.3 Å². The highest BCUT2D eigenvalue weighted by Crippen LogP contribution is 2.42. The topological polar surface area (TPSA) is 101 Å². The van der Waals surface area contributed by atoms with E-state index in [1.54, 1.807) is 30.3 Å². The molecule has 0 amide bonds. The summed E-state index contributed by atoms with van der Waals surface area (Å²) in [6.07, 6.45) is 1.85. The fourth-order valence-corrected chi connectivity index (χ4v) is 7.95. The maximum Gasteiger partial charge on any atom is 0.192 e. The van der Waals surface area contributed by atoms with Crippen molar-refractivity contribution in [3.05, 3.63) is 94.4 Å². The second kappa shape index (κ2) is 10.9. The molecule has 0 spiro atoms. The Bertz CT molecular complexity index is 1890. The molecule has 41 heavy (non-hydrogen) atoms. The summed E-state index contributed by atoms with van der Waals surface area (Å²) in [6, 6.07) is 19.4. The summed E-state index contributed by atoms with van der Waals surface area (Å²) in [4.78, 5) is 8.47. The summed E-state index contributed by atoms with van der Waals surface area (Å²) in [5.41, 5.74) is 6.24. The quantitative estimate of drug-likeness (QED) is 0.146. The van der Waals surface area contributed by atoms with Crippen LogP contribution in [0.4, 0.5) is 0 Å². The van der Waals surface area contributed by atoms with Crippen LogP contribution in [-0.4, -0.2) is 37.6 Å². The smallest absolute Gasteiger partial charge is 0.192 e. The van der Waals surface area contributed by atoms with Gasteiger partial charge in [-0.15, -0.1) is 0 Å². The van der Waals surface area contributed by atoms with Crippen molar-refractivity contribution in [1.29, 1.82) is 5.26 Å². The predicted octanol–water partition coefficient (Wildman–Crippen LogP) is 7.19. The SMILES string of the molecule is Cc1ccc(S(=O)(=O)C(c2c(C)cc(C)c3[nH]ccc23)c2nc3ccc(C#N)cc3n2COCC[Si](C)(C)C)cc1. The van der Waals surface area contributed by atoms with Gasteiger partial charge in [0.1, 0.15) is 17.8 Å². The highest BCUT2D eigenvalue weighted by molar-refractivity contribution is 7.92. The molecule has 0 aliphatic heterocycles. The third-order valence-corrected chi connectivity index (χ3v) is 11.3. The van der Waals surface area contributed by atoms with Crippen molar-refractivity contribution in [2.24, 2.45) is 0 Å². The molecule has 2 aromatic heterocycles. The number of aryl methyl sites for hydroxylation is 3. The van der Waals surface area contributed by atoms with Crippen molar-refractivity contribution in [3.8, 4) is 6.07 Å². The van der Waals surface area contributed by atoms with Crippen molar-refractivity contribution in [3.63, 3.8) is 0 Å². The lowest BCUT2D eigenvalue weighted by Gasteiger charge is -2.23. The Kier molecular flexibility index (Phi) is 7.68. The summed E-state index contributed by atoms with van der Waals surface area (Å²) in [5, 5.41) is 9.38. The summed E-state index contributed by atoms with van der Waals surface area (Å²) < 4.78 is 37.5. The van der Waals surface area contributed by atoms with Crippen LogP contribution in [0.2, 0.25) is 25.7 Å². The van der Waals surface area contributed by atoms with Crippen molar-refractivity contribution in [2.75, 3.05) is 6.61 Å². The van der Waals surface area contributed by atoms with E-state index in [-0.39, 0.29) is 11.6 Å². The van der Waals surface area contributed by atoms with Gasteiger partial charge < -0.3 is 14.3 Å². The molecule has 5 rings (SSSR count). The van der Waals surface area contributed by atoms with Gasteiger partial charge in [0.2, 0.25) is 0 Å². The van der Waals surface area contributed by atoms with Crippen LogP contribution in [0.25, 0.3) is 21.9 Å². The zero-order chi connectivity index (χ0) is 29.5. The fraction of sp³-hybridized carbons (Fsp3) is 0.312. The molecule has 0 bridgehead atoms. The minimum absolute atomic E-state index is 0.131. The number of sulfone groups is 1. The number of rotatable bonds is 9. The first-order valence-electron chi connectivity index (χ1n) is 13.8. The molecule has 0 saturated carbocycles. The molecule has 3 aromatic carbocycles. The molecule has 1 N–H and O–H groups in total. The van der Waals surface area contributed by atoms with Crippen LogP contribution < -0.4 is 0 Å². The zero-order valence-corrected chi connectivity index (χ0v) is 26.3. The highest BCUT2D eigenvalue weighted by atomic mass is 32.2. The molecule has 9 heteroatoms. The van der Waals surface area contributed by atoms with Crippen LogP contribution in [0.3, 0.4) is 0 Å². The Hall–Kier alpha value is -3.71. The van der Waals surface area contributed by atoms with Gasteiger partial charge >= 0.3 is 0 Å². The predicted molar refractivity (Wildman–Crippen MR) is 167 cm³/mol. The molecule has 7 nitrogen and oxygen atoms in total. The van der Waals surface area contributed by atoms with Gasteiger partial charge in [-0.25, -0.2) is 13.4 Å². The third-order valence-electron chi connectivity index (χ3n) is 7.57. The Morgan fingerprint density at radius 2 is 1.76 bits per heavy atom. The largest absolute Gasteiger partial charge is 0.361 e. The summed E-state index contributed by atoms with van der Waals surface area (Å²) in [7, 11) is -5.32. The molecule has 0 aliphatic carbocycles. The number of nitrogens with zero attached hydrogens (tertiary/aromatic N) is 3. The number of H-pyrrole nitrogens is 1. The second-order valence-corrected chi connectivity index (χ2v) is 19.6. The molecule has 0 saturated heterocycles. The Labute approximate surface area is 242 Å². The van der Waals surface area contributed by atoms with Gasteiger partial charge in [-0.3, -0.25) is 0 Å². The first kappa shape index (κ1) is 28.8. The number of nitrogens with one attached hydrogen (secondary N) is 1. The van der Waals surface area contributed by atoms with E-state index in [1.165, 1.54) is 0 Å². The molecule has 0 radical (unpaired) electrons. The Morgan fingerprint density at radius 1 is 1.02 bits per heavy atom. The second-order valence-electron chi connectivity index (χ2n) is 12.0. The molecule has 0 fully saturated rings. The van der Waals surface area contributed by atoms with Crippen LogP contribution >= 0.6 is 0 Å². The molecule has 0 aliphatic rings. The van der Waals surface area contributed by atoms with E-state index in [2.05, 4.69) is 30.7 Å². The molecule has 5 aromatic rings. The number of hydrogen-bond donors (Lipinski definition) is 1. The highest BCUT2D eigenvalue weighted by Gasteiger charge is 2.38. The van der Waals surface area contributed by atoms with E-state index in [4.69, 9.17) is 9.72 Å². The van der Waals surface area contributed by atoms with E-state index < -0.39 is 23.2 Å². The summed E-state index contributed by atoms with van der Waals surface area (Å²) in [6.45, 7) is 13.5. The van der Waals surface area contributed by atoms with Crippen molar-refractivity contribution in [2.45, 2.75) is 63.3 Å². The first-order valence-corrected chi connectivity index (χ1v) is 19.0. The molecular formula is C32H36N4O3SSi. The van der Waals surface area contributed by atoms with Gasteiger partial charge in [-0.1, -0.05) is 43.4 Å². The van der Waals surface area contributed by atoms with Crippen LogP contribution in [0, 0.1) is 32.1 Å². The molecule has 2 heterocycles. The average molecular weight is 585 g/mol. The van der Waals surface area contributed by atoms with Crippen molar-refractivity contribution < 1.29 is 13.2 Å². The van der Waals surface area contributed by atoms with E-state index in [0.29, 0.717) is 34.6 Å². The number of nitriles is 1. The van der Waals surface area contributed by atoms with Crippen LogP contribution in [0.1, 0.15) is 38.9 Å². The molecule has 1 atom stereocenters. The minimum Gasteiger partial charge on any atom is -0.361 e. The van der Waals surface area contributed by atoms with Crippen LogP contribution in [0.15, 0.2) is 65.7 Å². The van der Waals surface area contributed by atoms with E-state index >= 15 is 0 Å². The zero-order valence-electron chi connectivity index (χ0n) is 24.4. The van der Waals surface area contributed by atoms with E-state index in [0.717, 1.165) is 33.6 Å². The number of aromatic nitrogens is 3. The van der Waals surface area contributed by atoms with E-state index in [9.17, 15) is 13.7 Å². The van der Waals surface area contributed by atoms with Gasteiger partial charge in [0.05, 0.1) is 27.6 Å². The summed E-state index contributed by atoms with van der Waals surface area (Å²) >= 11 is 0. The lowest BCUT2D eigenvalue weighted by Crippen LogP contribution is -2.24. The van der Waals surface area contributed by atoms with Crippen molar-refractivity contribution >= 4 is 39.8 Å². The number of imidazole rings is 1. The average Bonchev–Trinajstić information content (AvgIpc) is 3.53. The van der Waals surface area contributed by atoms with Gasteiger partial charge in [0, 0.05) is 31.8 Å². The fourth-order valence-electron chi connectivity index (χ4n) is 5.32. The molecule has 1 unspecified atom stereocenters. The van der Waals surface area contributed by atoms with Gasteiger partial charge in [0.25, 0.3) is 0 Å². The third kappa shape index (κ3) is 5.60. The maximum absolute atomic E-state index is 14.7. The molecular weight excluding hydrogens is 549 g/mol. The number of aromatic amines is 1. The lowest BCUT2D eigenvalue weighted by atomic mass is 9.97. The molecule has 212 valence electrons. The summed E-state index contributed by atoms with van der Waals surface area (Å²) in [5.74, 6) is 0.373. The standard InChI is InChI=1S/C32H36N4O3SSi/c1-21-7-10-25(11-8-21)40(37,38)31(29-22(2)17-23(3)30-26(29)13-14-34-30)32-35-27-12-9-24(19-33)18-28(27)36(32)20-39-15-16-41(4,5)6/h7-14,17-18,31,34H,15-16,20H2,1-6H3. The van der Waals surface area contributed by atoms with Gasteiger partial charge in [-0.2, -0.15) is 5.26 Å². The minimum atomic E-state index is -3.98. The van der Waals surface area contributed by atoms with Gasteiger partial charge in [0.15, 0.2) is 9.84 Å². The Morgan fingerprint density at radius 3 is 2.44 bits per heavy atom. The number of hydrogen-bond acceptors (Lipinski definition) is 5. The van der Waals surface area contributed by atoms with Crippen molar-refractivity contribution in [1.82, 2.24) is 14.5 Å². The van der Waals surface area contributed by atoms with Crippen LogP contribution in [0.5, 0.6) is 0 Å².